The molecule has 0 radical (unpaired) electrons. The van der Waals surface area contributed by atoms with Crippen molar-refractivity contribution in [2.45, 2.75) is 40.7 Å². The van der Waals surface area contributed by atoms with Crippen molar-refractivity contribution in [1.82, 2.24) is 5.32 Å². The molecule has 0 atom stereocenters. The zero-order valence-corrected chi connectivity index (χ0v) is 13.7. The summed E-state index contributed by atoms with van der Waals surface area (Å²) < 4.78 is 11.0. The SMILES string of the molecule is Cc1cc(CNC(=O)CCOc2ccc(C)c(C)c2)c(C)o1. The maximum atomic E-state index is 11.8. The zero-order valence-electron chi connectivity index (χ0n) is 13.7. The van der Waals surface area contributed by atoms with E-state index in [0.717, 1.165) is 22.8 Å². The maximum Gasteiger partial charge on any atom is 0.223 e. The van der Waals surface area contributed by atoms with Gasteiger partial charge in [0, 0.05) is 12.1 Å². The number of hydrogen-bond donors (Lipinski definition) is 1. The van der Waals surface area contributed by atoms with E-state index in [4.69, 9.17) is 9.15 Å². The lowest BCUT2D eigenvalue weighted by atomic mass is 10.1. The molecule has 0 aliphatic heterocycles. The van der Waals surface area contributed by atoms with Crippen molar-refractivity contribution in [1.29, 1.82) is 0 Å². The van der Waals surface area contributed by atoms with Crippen LogP contribution in [0.2, 0.25) is 0 Å². The smallest absolute Gasteiger partial charge is 0.223 e. The molecule has 0 unspecified atom stereocenters. The minimum absolute atomic E-state index is 0.0258. The predicted octanol–water partition coefficient (Wildman–Crippen LogP) is 3.60. The van der Waals surface area contributed by atoms with Crippen molar-refractivity contribution in [3.63, 3.8) is 0 Å². The molecule has 0 spiro atoms. The lowest BCUT2D eigenvalue weighted by molar-refractivity contribution is -0.121. The van der Waals surface area contributed by atoms with Gasteiger partial charge in [-0.1, -0.05) is 6.07 Å². The average molecular weight is 301 g/mol. The molecule has 2 aromatic rings. The van der Waals surface area contributed by atoms with Gasteiger partial charge in [-0.15, -0.1) is 0 Å². The molecule has 2 rings (SSSR count). The van der Waals surface area contributed by atoms with Crippen molar-refractivity contribution in [3.8, 4) is 5.75 Å². The summed E-state index contributed by atoms with van der Waals surface area (Å²) in [6, 6.07) is 7.89. The van der Waals surface area contributed by atoms with Gasteiger partial charge in [0.05, 0.1) is 13.0 Å². The van der Waals surface area contributed by atoms with Gasteiger partial charge in [0.1, 0.15) is 17.3 Å². The van der Waals surface area contributed by atoms with Gasteiger partial charge in [-0.3, -0.25) is 4.79 Å². The molecule has 0 fully saturated rings. The van der Waals surface area contributed by atoms with Gasteiger partial charge < -0.3 is 14.5 Å². The van der Waals surface area contributed by atoms with E-state index >= 15 is 0 Å². The number of aryl methyl sites for hydroxylation is 4. The molecule has 1 aromatic heterocycles. The van der Waals surface area contributed by atoms with Crippen LogP contribution in [0.3, 0.4) is 0 Å². The Balaban J connectivity index is 1.73. The summed E-state index contributed by atoms with van der Waals surface area (Å²) in [6.45, 7) is 8.77. The predicted molar refractivity (Wildman–Crippen MR) is 86.1 cm³/mol. The summed E-state index contributed by atoms with van der Waals surface area (Å²) in [5.41, 5.74) is 3.43. The monoisotopic (exact) mass is 301 g/mol. The number of carbonyl (C=O) groups is 1. The van der Waals surface area contributed by atoms with E-state index in [2.05, 4.69) is 12.2 Å². The Morgan fingerprint density at radius 2 is 1.91 bits per heavy atom. The third-order valence-corrected chi connectivity index (χ3v) is 3.70. The van der Waals surface area contributed by atoms with E-state index in [1.165, 1.54) is 11.1 Å². The molecule has 1 heterocycles. The molecule has 0 saturated heterocycles. The second-order valence-electron chi connectivity index (χ2n) is 5.56. The van der Waals surface area contributed by atoms with Gasteiger partial charge in [0.15, 0.2) is 0 Å². The van der Waals surface area contributed by atoms with Gasteiger partial charge in [-0.2, -0.15) is 0 Å². The lowest BCUT2D eigenvalue weighted by Crippen LogP contribution is -2.24. The molecule has 4 nitrogen and oxygen atoms in total. The number of furan rings is 1. The molecular weight excluding hydrogens is 278 g/mol. The Morgan fingerprint density at radius 3 is 2.55 bits per heavy atom. The molecule has 22 heavy (non-hydrogen) atoms. The van der Waals surface area contributed by atoms with Gasteiger partial charge >= 0.3 is 0 Å². The Kier molecular flexibility index (Phi) is 5.26. The van der Waals surface area contributed by atoms with Gasteiger partial charge in [0.25, 0.3) is 0 Å². The van der Waals surface area contributed by atoms with Crippen molar-refractivity contribution in [2.75, 3.05) is 6.61 Å². The molecule has 4 heteroatoms. The normalized spacial score (nSPS) is 10.5. The average Bonchev–Trinajstić information content (AvgIpc) is 2.78. The standard InChI is InChI=1S/C18H23NO3/c1-12-5-6-17(9-13(12)2)21-8-7-18(20)19-11-16-10-14(3)22-15(16)4/h5-6,9-10H,7-8,11H2,1-4H3,(H,19,20). The molecular formula is C18H23NO3. The fraction of sp³-hybridized carbons (Fsp3) is 0.389. The fourth-order valence-electron chi connectivity index (χ4n) is 2.21. The van der Waals surface area contributed by atoms with Crippen LogP contribution in [-0.2, 0) is 11.3 Å². The zero-order chi connectivity index (χ0) is 16.1. The summed E-state index contributed by atoms with van der Waals surface area (Å²) in [7, 11) is 0. The number of carbonyl (C=O) groups excluding carboxylic acids is 1. The lowest BCUT2D eigenvalue weighted by Gasteiger charge is -2.08. The summed E-state index contributed by atoms with van der Waals surface area (Å²) in [5.74, 6) is 2.49. The maximum absolute atomic E-state index is 11.8. The Morgan fingerprint density at radius 1 is 1.14 bits per heavy atom. The van der Waals surface area contributed by atoms with Crippen LogP contribution in [0.1, 0.15) is 34.6 Å². The van der Waals surface area contributed by atoms with Crippen molar-refractivity contribution < 1.29 is 13.9 Å². The quantitative estimate of drug-likeness (QED) is 0.887. The van der Waals surface area contributed by atoms with E-state index in [1.54, 1.807) is 0 Å². The van der Waals surface area contributed by atoms with E-state index in [9.17, 15) is 4.79 Å². The Bertz CT molecular complexity index is 658. The van der Waals surface area contributed by atoms with Crippen molar-refractivity contribution >= 4 is 5.91 Å². The summed E-state index contributed by atoms with van der Waals surface area (Å²) in [4.78, 5) is 11.8. The summed E-state index contributed by atoms with van der Waals surface area (Å²) in [5, 5.41) is 2.88. The van der Waals surface area contributed by atoms with Crippen LogP contribution in [0.25, 0.3) is 0 Å². The van der Waals surface area contributed by atoms with Gasteiger partial charge in [-0.05, 0) is 57.0 Å². The first-order valence-electron chi connectivity index (χ1n) is 7.48. The van der Waals surface area contributed by atoms with E-state index < -0.39 is 0 Å². The van der Waals surface area contributed by atoms with Crippen LogP contribution in [0.4, 0.5) is 0 Å². The second kappa shape index (κ2) is 7.16. The van der Waals surface area contributed by atoms with Crippen LogP contribution >= 0.6 is 0 Å². The number of amides is 1. The Hall–Kier alpha value is -2.23. The van der Waals surface area contributed by atoms with Gasteiger partial charge in [0.2, 0.25) is 5.91 Å². The van der Waals surface area contributed by atoms with Crippen molar-refractivity contribution in [2.24, 2.45) is 0 Å². The highest BCUT2D eigenvalue weighted by atomic mass is 16.5. The topological polar surface area (TPSA) is 51.5 Å². The van der Waals surface area contributed by atoms with Gasteiger partial charge in [-0.25, -0.2) is 0 Å². The minimum atomic E-state index is -0.0258. The van der Waals surface area contributed by atoms with E-state index in [-0.39, 0.29) is 5.91 Å². The third kappa shape index (κ3) is 4.38. The van der Waals surface area contributed by atoms with Crippen LogP contribution < -0.4 is 10.1 Å². The van der Waals surface area contributed by atoms with Crippen molar-refractivity contribution in [3.05, 3.63) is 52.5 Å². The third-order valence-electron chi connectivity index (χ3n) is 3.70. The first-order valence-corrected chi connectivity index (χ1v) is 7.48. The first-order chi connectivity index (χ1) is 10.5. The largest absolute Gasteiger partial charge is 0.493 e. The molecule has 118 valence electrons. The molecule has 0 saturated carbocycles. The van der Waals surface area contributed by atoms with Crippen LogP contribution in [0.15, 0.2) is 28.7 Å². The molecule has 0 aliphatic rings. The molecule has 1 N–H and O–H groups in total. The van der Waals surface area contributed by atoms with Crippen LogP contribution in [0, 0.1) is 27.7 Å². The van der Waals surface area contributed by atoms with Crippen LogP contribution in [0.5, 0.6) is 5.75 Å². The molecule has 1 aromatic carbocycles. The highest BCUT2D eigenvalue weighted by Gasteiger charge is 2.07. The number of hydrogen-bond acceptors (Lipinski definition) is 3. The van der Waals surface area contributed by atoms with E-state index in [1.807, 2.05) is 45.0 Å². The highest BCUT2D eigenvalue weighted by molar-refractivity contribution is 5.76. The highest BCUT2D eigenvalue weighted by Crippen LogP contribution is 2.16. The summed E-state index contributed by atoms with van der Waals surface area (Å²) in [6.07, 6.45) is 0.336. The molecule has 1 amide bonds. The molecule has 0 aliphatic carbocycles. The minimum Gasteiger partial charge on any atom is -0.493 e. The fourth-order valence-corrected chi connectivity index (χ4v) is 2.21. The second-order valence-corrected chi connectivity index (χ2v) is 5.56. The van der Waals surface area contributed by atoms with E-state index in [0.29, 0.717) is 19.6 Å². The van der Waals surface area contributed by atoms with Crippen LogP contribution in [-0.4, -0.2) is 12.5 Å². The Labute approximate surface area is 131 Å². The number of nitrogens with one attached hydrogen (secondary N) is 1. The number of rotatable bonds is 6. The number of ether oxygens (including phenoxy) is 1. The summed E-state index contributed by atoms with van der Waals surface area (Å²) >= 11 is 0. The molecule has 0 bridgehead atoms. The first kappa shape index (κ1) is 16.1. The number of benzene rings is 1.